The molecule has 20 heavy (non-hydrogen) atoms. The van der Waals surface area contributed by atoms with Crippen LogP contribution in [0, 0.1) is 0 Å². The van der Waals surface area contributed by atoms with Crippen LogP contribution in [0.3, 0.4) is 0 Å². The molecule has 1 aromatic rings. The standard InChI is InChI=1S/C15H21NO3S/c1-15(2,3)12-6-4-11(5-7-12)8-20-9-13(14(18)19)16-10-17/h4-7,10,13H,8-9H2,1-3H3,(H,16,17)(H,18,19). The Morgan fingerprint density at radius 3 is 2.40 bits per heavy atom. The molecule has 0 aliphatic carbocycles. The molecule has 1 amide bonds. The van der Waals surface area contributed by atoms with Crippen molar-refractivity contribution < 1.29 is 14.7 Å². The molecule has 1 unspecified atom stereocenters. The summed E-state index contributed by atoms with van der Waals surface area (Å²) in [5.41, 5.74) is 2.56. The zero-order valence-corrected chi connectivity index (χ0v) is 12.9. The van der Waals surface area contributed by atoms with E-state index in [2.05, 4.69) is 50.4 Å². The smallest absolute Gasteiger partial charge is 0.327 e. The van der Waals surface area contributed by atoms with Gasteiger partial charge in [-0.25, -0.2) is 4.79 Å². The fourth-order valence-corrected chi connectivity index (χ4v) is 2.69. The molecule has 4 nitrogen and oxygen atoms in total. The van der Waals surface area contributed by atoms with Crippen LogP contribution < -0.4 is 5.32 Å². The third-order valence-corrected chi connectivity index (χ3v) is 4.05. The lowest BCUT2D eigenvalue weighted by Crippen LogP contribution is -2.37. The summed E-state index contributed by atoms with van der Waals surface area (Å²) in [6.07, 6.45) is 0.428. The third kappa shape index (κ3) is 5.25. The highest BCUT2D eigenvalue weighted by molar-refractivity contribution is 7.98. The number of nitrogens with one attached hydrogen (secondary N) is 1. The van der Waals surface area contributed by atoms with Crippen LogP contribution in [0.1, 0.15) is 31.9 Å². The molecule has 110 valence electrons. The molecule has 2 N–H and O–H groups in total. The summed E-state index contributed by atoms with van der Waals surface area (Å²) in [4.78, 5) is 21.2. The summed E-state index contributed by atoms with van der Waals surface area (Å²) in [7, 11) is 0. The molecule has 0 aromatic heterocycles. The van der Waals surface area contributed by atoms with E-state index in [1.807, 2.05) is 0 Å². The van der Waals surface area contributed by atoms with Gasteiger partial charge in [-0.15, -0.1) is 0 Å². The second-order valence-electron chi connectivity index (χ2n) is 5.64. The predicted molar refractivity (Wildman–Crippen MR) is 81.9 cm³/mol. The number of rotatable bonds is 7. The summed E-state index contributed by atoms with van der Waals surface area (Å²) >= 11 is 1.49. The van der Waals surface area contributed by atoms with E-state index in [1.165, 1.54) is 17.3 Å². The van der Waals surface area contributed by atoms with Gasteiger partial charge in [0.15, 0.2) is 0 Å². The number of hydrogen-bond donors (Lipinski definition) is 2. The summed E-state index contributed by atoms with van der Waals surface area (Å²) in [6.45, 7) is 6.50. The Balaban J connectivity index is 2.50. The largest absolute Gasteiger partial charge is 0.480 e. The van der Waals surface area contributed by atoms with E-state index in [0.29, 0.717) is 12.2 Å². The number of carboxylic acid groups (broad SMARTS) is 1. The SMILES string of the molecule is CC(C)(C)c1ccc(CSCC(NC=O)C(=O)O)cc1. The highest BCUT2D eigenvalue weighted by Gasteiger charge is 2.16. The lowest BCUT2D eigenvalue weighted by Gasteiger charge is -2.19. The molecule has 1 aromatic carbocycles. The van der Waals surface area contributed by atoms with Crippen LogP contribution in [-0.4, -0.2) is 29.3 Å². The topological polar surface area (TPSA) is 66.4 Å². The van der Waals surface area contributed by atoms with Gasteiger partial charge in [-0.1, -0.05) is 45.0 Å². The fourth-order valence-electron chi connectivity index (χ4n) is 1.67. The van der Waals surface area contributed by atoms with E-state index in [1.54, 1.807) is 0 Å². The normalized spacial score (nSPS) is 12.8. The first-order valence-electron chi connectivity index (χ1n) is 6.44. The van der Waals surface area contributed by atoms with Crippen LogP contribution in [0.15, 0.2) is 24.3 Å². The number of amides is 1. The third-order valence-electron chi connectivity index (χ3n) is 2.94. The van der Waals surface area contributed by atoms with E-state index in [4.69, 9.17) is 5.11 Å². The van der Waals surface area contributed by atoms with Crippen molar-refractivity contribution in [2.24, 2.45) is 0 Å². The van der Waals surface area contributed by atoms with Crippen LogP contribution in [0.2, 0.25) is 0 Å². The van der Waals surface area contributed by atoms with Gasteiger partial charge in [0.1, 0.15) is 6.04 Å². The van der Waals surface area contributed by atoms with Crippen molar-refractivity contribution in [1.29, 1.82) is 0 Å². The zero-order valence-electron chi connectivity index (χ0n) is 12.1. The molecule has 0 heterocycles. The molecule has 0 bridgehead atoms. The van der Waals surface area contributed by atoms with Gasteiger partial charge in [0, 0.05) is 11.5 Å². The van der Waals surface area contributed by atoms with Crippen LogP contribution >= 0.6 is 11.8 Å². The minimum absolute atomic E-state index is 0.133. The van der Waals surface area contributed by atoms with Gasteiger partial charge < -0.3 is 10.4 Å². The molecule has 5 heteroatoms. The van der Waals surface area contributed by atoms with E-state index in [0.717, 1.165) is 11.3 Å². The average Bonchev–Trinajstić information content (AvgIpc) is 2.37. The lowest BCUT2D eigenvalue weighted by molar-refractivity contribution is -0.139. The number of carbonyl (C=O) groups is 2. The van der Waals surface area contributed by atoms with E-state index in [9.17, 15) is 9.59 Å². The molecule has 0 radical (unpaired) electrons. The molecule has 0 fully saturated rings. The summed E-state index contributed by atoms with van der Waals surface area (Å²) in [5.74, 6) is 0.0804. The second-order valence-corrected chi connectivity index (χ2v) is 6.67. The van der Waals surface area contributed by atoms with E-state index < -0.39 is 12.0 Å². The maximum absolute atomic E-state index is 10.9. The Morgan fingerprint density at radius 1 is 1.35 bits per heavy atom. The first-order chi connectivity index (χ1) is 9.34. The van der Waals surface area contributed by atoms with Crippen molar-refractivity contribution in [3.8, 4) is 0 Å². The minimum Gasteiger partial charge on any atom is -0.480 e. The highest BCUT2D eigenvalue weighted by atomic mass is 32.2. The molecular formula is C15H21NO3S. The number of carbonyl (C=O) groups excluding carboxylic acids is 1. The quantitative estimate of drug-likeness (QED) is 0.758. The Labute approximate surface area is 124 Å². The molecule has 1 rings (SSSR count). The molecule has 1 atom stereocenters. The summed E-state index contributed by atoms with van der Waals surface area (Å²) in [6, 6.07) is 7.52. The number of carboxylic acids is 1. The molecular weight excluding hydrogens is 274 g/mol. The van der Waals surface area contributed by atoms with Crippen LogP contribution in [0.4, 0.5) is 0 Å². The van der Waals surface area contributed by atoms with E-state index >= 15 is 0 Å². The maximum atomic E-state index is 10.9. The molecule has 0 spiro atoms. The van der Waals surface area contributed by atoms with Crippen LogP contribution in [0.5, 0.6) is 0 Å². The number of aliphatic carboxylic acids is 1. The summed E-state index contributed by atoms with van der Waals surface area (Å²) < 4.78 is 0. The Kier molecular flexibility index (Phi) is 6.07. The van der Waals surface area contributed by atoms with Gasteiger partial charge in [0.05, 0.1) is 0 Å². The van der Waals surface area contributed by atoms with Crippen molar-refractivity contribution >= 4 is 24.1 Å². The van der Waals surface area contributed by atoms with Crippen molar-refractivity contribution in [3.63, 3.8) is 0 Å². The van der Waals surface area contributed by atoms with Gasteiger partial charge in [0.2, 0.25) is 6.41 Å². The van der Waals surface area contributed by atoms with Gasteiger partial charge in [0.25, 0.3) is 0 Å². The average molecular weight is 295 g/mol. The van der Waals surface area contributed by atoms with Gasteiger partial charge in [-0.2, -0.15) is 11.8 Å². The second kappa shape index (κ2) is 7.33. The number of hydrogen-bond acceptors (Lipinski definition) is 3. The van der Waals surface area contributed by atoms with Crippen LogP contribution in [-0.2, 0) is 20.8 Å². The van der Waals surface area contributed by atoms with Crippen LogP contribution in [0.25, 0.3) is 0 Å². The lowest BCUT2D eigenvalue weighted by atomic mass is 9.87. The van der Waals surface area contributed by atoms with Gasteiger partial charge >= 0.3 is 5.97 Å². The maximum Gasteiger partial charge on any atom is 0.327 e. The monoisotopic (exact) mass is 295 g/mol. The molecule has 0 aliphatic heterocycles. The zero-order chi connectivity index (χ0) is 15.2. The Bertz CT molecular complexity index is 451. The van der Waals surface area contributed by atoms with Crippen molar-refractivity contribution in [1.82, 2.24) is 5.32 Å². The van der Waals surface area contributed by atoms with Crippen molar-refractivity contribution in [2.75, 3.05) is 5.75 Å². The van der Waals surface area contributed by atoms with E-state index in [-0.39, 0.29) is 5.41 Å². The minimum atomic E-state index is -1.01. The molecule has 0 aliphatic rings. The van der Waals surface area contributed by atoms with Gasteiger partial charge in [-0.3, -0.25) is 4.79 Å². The molecule has 0 saturated heterocycles. The van der Waals surface area contributed by atoms with Gasteiger partial charge in [-0.05, 0) is 16.5 Å². The number of thioether (sulfide) groups is 1. The predicted octanol–water partition coefficient (Wildman–Crippen LogP) is 2.42. The van der Waals surface area contributed by atoms with Crippen molar-refractivity contribution in [2.45, 2.75) is 38.0 Å². The Hall–Kier alpha value is -1.49. The van der Waals surface area contributed by atoms with Crippen molar-refractivity contribution in [3.05, 3.63) is 35.4 Å². The fraction of sp³-hybridized carbons (Fsp3) is 0.467. The highest BCUT2D eigenvalue weighted by Crippen LogP contribution is 2.23. The summed E-state index contributed by atoms with van der Waals surface area (Å²) in [5, 5.41) is 11.2. The Morgan fingerprint density at radius 2 is 1.95 bits per heavy atom. The molecule has 0 saturated carbocycles. The number of benzene rings is 1. The first kappa shape index (κ1) is 16.6. The first-order valence-corrected chi connectivity index (χ1v) is 7.59.